The maximum absolute atomic E-state index is 12.9. The monoisotopic (exact) mass is 417 g/mol. The SMILES string of the molecule is CCOC(=O)[C@H]1[C@@H](c2ccccc2)N1C(c1ccc(OC)cc1)c1ccc(OC)cc1. The van der Waals surface area contributed by atoms with Crippen LogP contribution in [0.15, 0.2) is 78.9 Å². The molecule has 3 aromatic rings. The van der Waals surface area contributed by atoms with Gasteiger partial charge < -0.3 is 14.2 Å². The Labute approximate surface area is 183 Å². The predicted octanol–water partition coefficient (Wildman–Crippen LogP) is 4.78. The van der Waals surface area contributed by atoms with E-state index in [1.165, 1.54) is 0 Å². The summed E-state index contributed by atoms with van der Waals surface area (Å²) in [4.78, 5) is 15.1. The van der Waals surface area contributed by atoms with E-state index < -0.39 is 0 Å². The van der Waals surface area contributed by atoms with Gasteiger partial charge in [-0.1, -0.05) is 54.6 Å². The molecule has 0 radical (unpaired) electrons. The third-order valence-corrected chi connectivity index (χ3v) is 5.68. The molecule has 1 saturated heterocycles. The second kappa shape index (κ2) is 9.23. The Morgan fingerprint density at radius 3 is 1.81 bits per heavy atom. The number of ether oxygens (including phenoxy) is 3. The Bertz CT molecular complexity index is 954. The molecule has 0 aromatic heterocycles. The van der Waals surface area contributed by atoms with Crippen LogP contribution in [0.25, 0.3) is 0 Å². The zero-order valence-electron chi connectivity index (χ0n) is 18.0. The molecular formula is C26H27NO4. The molecule has 0 saturated carbocycles. The van der Waals surface area contributed by atoms with Crippen molar-refractivity contribution in [3.8, 4) is 11.5 Å². The Morgan fingerprint density at radius 1 is 0.839 bits per heavy atom. The first kappa shape index (κ1) is 20.9. The molecule has 5 heteroatoms. The fourth-order valence-electron chi connectivity index (χ4n) is 4.16. The molecular weight excluding hydrogens is 390 g/mol. The zero-order valence-corrected chi connectivity index (χ0v) is 18.0. The lowest BCUT2D eigenvalue weighted by Crippen LogP contribution is -2.20. The van der Waals surface area contributed by atoms with Crippen molar-refractivity contribution < 1.29 is 19.0 Å². The summed E-state index contributed by atoms with van der Waals surface area (Å²) < 4.78 is 16.1. The largest absolute Gasteiger partial charge is 0.497 e. The Kier molecular flexibility index (Phi) is 6.23. The van der Waals surface area contributed by atoms with E-state index in [0.717, 1.165) is 28.2 Å². The highest BCUT2D eigenvalue weighted by Gasteiger charge is 2.57. The maximum Gasteiger partial charge on any atom is 0.325 e. The van der Waals surface area contributed by atoms with Crippen LogP contribution >= 0.6 is 0 Å². The summed E-state index contributed by atoms with van der Waals surface area (Å²) in [5.41, 5.74) is 3.27. The third-order valence-electron chi connectivity index (χ3n) is 5.68. The molecule has 3 atom stereocenters. The van der Waals surface area contributed by atoms with Crippen LogP contribution in [0.3, 0.4) is 0 Å². The zero-order chi connectivity index (χ0) is 21.8. The number of carbonyl (C=O) groups excluding carboxylic acids is 1. The Morgan fingerprint density at radius 2 is 1.35 bits per heavy atom. The average molecular weight is 418 g/mol. The molecule has 0 spiro atoms. The van der Waals surface area contributed by atoms with Crippen LogP contribution < -0.4 is 9.47 Å². The molecule has 5 nitrogen and oxygen atoms in total. The number of hydrogen-bond acceptors (Lipinski definition) is 5. The summed E-state index contributed by atoms with van der Waals surface area (Å²) >= 11 is 0. The summed E-state index contributed by atoms with van der Waals surface area (Å²) in [5.74, 6) is 1.40. The predicted molar refractivity (Wildman–Crippen MR) is 119 cm³/mol. The van der Waals surface area contributed by atoms with Gasteiger partial charge in [-0.2, -0.15) is 0 Å². The molecule has 0 amide bonds. The quantitative estimate of drug-likeness (QED) is 0.390. The molecule has 160 valence electrons. The highest BCUT2D eigenvalue weighted by molar-refractivity contribution is 5.81. The number of esters is 1. The van der Waals surface area contributed by atoms with Crippen LogP contribution in [-0.4, -0.2) is 37.7 Å². The van der Waals surface area contributed by atoms with Crippen LogP contribution in [0.4, 0.5) is 0 Å². The van der Waals surface area contributed by atoms with E-state index >= 15 is 0 Å². The van der Waals surface area contributed by atoms with Gasteiger partial charge in [-0.25, -0.2) is 0 Å². The van der Waals surface area contributed by atoms with Crippen molar-refractivity contribution in [2.45, 2.75) is 25.0 Å². The lowest BCUT2D eigenvalue weighted by atomic mass is 9.98. The molecule has 1 heterocycles. The molecule has 0 N–H and O–H groups in total. The van der Waals surface area contributed by atoms with Gasteiger partial charge in [-0.15, -0.1) is 0 Å². The minimum Gasteiger partial charge on any atom is -0.497 e. The van der Waals surface area contributed by atoms with E-state index in [1.54, 1.807) is 14.2 Å². The van der Waals surface area contributed by atoms with Gasteiger partial charge >= 0.3 is 5.97 Å². The first-order chi connectivity index (χ1) is 15.2. The second-order valence-corrected chi connectivity index (χ2v) is 7.45. The van der Waals surface area contributed by atoms with Crippen LogP contribution in [-0.2, 0) is 9.53 Å². The Hall–Kier alpha value is -3.31. The van der Waals surface area contributed by atoms with E-state index in [1.807, 2.05) is 49.4 Å². The van der Waals surface area contributed by atoms with Crippen molar-refractivity contribution in [3.05, 3.63) is 95.6 Å². The fourth-order valence-corrected chi connectivity index (χ4v) is 4.16. The lowest BCUT2D eigenvalue weighted by Gasteiger charge is -2.22. The number of nitrogens with zero attached hydrogens (tertiary/aromatic N) is 1. The van der Waals surface area contributed by atoms with E-state index in [4.69, 9.17) is 14.2 Å². The van der Waals surface area contributed by atoms with Crippen molar-refractivity contribution in [1.82, 2.24) is 4.90 Å². The molecule has 1 aliphatic heterocycles. The van der Waals surface area contributed by atoms with Crippen LogP contribution in [0, 0.1) is 0 Å². The fraction of sp³-hybridized carbons (Fsp3) is 0.269. The topological polar surface area (TPSA) is 47.8 Å². The van der Waals surface area contributed by atoms with E-state index in [9.17, 15) is 4.79 Å². The molecule has 1 fully saturated rings. The number of carbonyl (C=O) groups is 1. The van der Waals surface area contributed by atoms with E-state index in [-0.39, 0.29) is 24.1 Å². The first-order valence-corrected chi connectivity index (χ1v) is 10.4. The molecule has 0 aliphatic carbocycles. The normalized spacial score (nSPS) is 19.7. The van der Waals surface area contributed by atoms with E-state index in [2.05, 4.69) is 41.3 Å². The van der Waals surface area contributed by atoms with Gasteiger partial charge in [0.15, 0.2) is 0 Å². The Balaban J connectivity index is 1.77. The van der Waals surface area contributed by atoms with Crippen LogP contribution in [0.5, 0.6) is 11.5 Å². The van der Waals surface area contributed by atoms with Gasteiger partial charge in [0.2, 0.25) is 0 Å². The standard InChI is InChI=1S/C26H27NO4/c1-4-31-26(28)25-24(18-8-6-5-7-9-18)27(25)23(19-10-14-21(29-2)15-11-19)20-12-16-22(30-3)17-13-20/h5-17,23-25H,4H2,1-3H3/t24-,25-,27?/m1/s1. The summed E-state index contributed by atoms with van der Waals surface area (Å²) in [7, 11) is 3.31. The number of rotatable bonds is 8. The molecule has 31 heavy (non-hydrogen) atoms. The molecule has 3 aromatic carbocycles. The summed E-state index contributed by atoms with van der Waals surface area (Å²) in [6, 6.07) is 25.6. The lowest BCUT2D eigenvalue weighted by molar-refractivity contribution is -0.143. The van der Waals surface area contributed by atoms with Crippen molar-refractivity contribution >= 4 is 5.97 Å². The van der Waals surface area contributed by atoms with Crippen molar-refractivity contribution in [2.24, 2.45) is 0 Å². The summed E-state index contributed by atoms with van der Waals surface area (Å²) in [6.45, 7) is 2.20. The van der Waals surface area contributed by atoms with Crippen LogP contribution in [0.2, 0.25) is 0 Å². The summed E-state index contributed by atoms with van der Waals surface area (Å²) in [6.07, 6.45) is 0. The van der Waals surface area contributed by atoms with Crippen molar-refractivity contribution in [1.29, 1.82) is 0 Å². The van der Waals surface area contributed by atoms with Gasteiger partial charge in [-0.05, 0) is 47.9 Å². The van der Waals surface area contributed by atoms with Gasteiger partial charge in [0.05, 0.1) is 32.9 Å². The summed E-state index contributed by atoms with van der Waals surface area (Å²) in [5, 5.41) is 0. The van der Waals surface area contributed by atoms with Gasteiger partial charge in [-0.3, -0.25) is 9.69 Å². The van der Waals surface area contributed by atoms with Gasteiger partial charge in [0, 0.05) is 0 Å². The number of hydrogen-bond donors (Lipinski definition) is 0. The van der Waals surface area contributed by atoms with Crippen LogP contribution in [0.1, 0.15) is 35.7 Å². The second-order valence-electron chi connectivity index (χ2n) is 7.45. The minimum absolute atomic E-state index is 0.0468. The third kappa shape index (κ3) is 4.28. The average Bonchev–Trinajstić information content (AvgIpc) is 3.56. The number of benzene rings is 3. The van der Waals surface area contributed by atoms with E-state index in [0.29, 0.717) is 6.61 Å². The highest BCUT2D eigenvalue weighted by Crippen LogP contribution is 2.52. The number of methoxy groups -OCH3 is 2. The van der Waals surface area contributed by atoms with Crippen molar-refractivity contribution in [3.63, 3.8) is 0 Å². The van der Waals surface area contributed by atoms with Crippen molar-refractivity contribution in [2.75, 3.05) is 20.8 Å². The molecule has 0 bridgehead atoms. The van der Waals surface area contributed by atoms with Gasteiger partial charge in [0.25, 0.3) is 0 Å². The maximum atomic E-state index is 12.9. The van der Waals surface area contributed by atoms with Gasteiger partial charge in [0.1, 0.15) is 17.5 Å². The minimum atomic E-state index is -0.337. The smallest absolute Gasteiger partial charge is 0.325 e. The first-order valence-electron chi connectivity index (χ1n) is 10.4. The highest BCUT2D eigenvalue weighted by atomic mass is 16.5. The molecule has 4 rings (SSSR count). The molecule has 1 unspecified atom stereocenters. The molecule has 1 aliphatic rings.